The van der Waals surface area contributed by atoms with Gasteiger partial charge in [-0.3, -0.25) is 9.59 Å². The van der Waals surface area contributed by atoms with Crippen molar-refractivity contribution in [1.29, 1.82) is 0 Å². The first kappa shape index (κ1) is 25.3. The summed E-state index contributed by atoms with van der Waals surface area (Å²) in [6, 6.07) is 20.3. The van der Waals surface area contributed by atoms with Gasteiger partial charge in [-0.15, -0.1) is 0 Å². The minimum Gasteiger partial charge on any atom is -0.483 e. The van der Waals surface area contributed by atoms with Crippen molar-refractivity contribution in [3.8, 4) is 5.75 Å². The van der Waals surface area contributed by atoms with Crippen molar-refractivity contribution in [3.05, 3.63) is 98.5 Å². The molecule has 1 N–H and O–H groups in total. The van der Waals surface area contributed by atoms with Gasteiger partial charge in [-0.05, 0) is 55.3 Å². The van der Waals surface area contributed by atoms with Gasteiger partial charge in [0, 0.05) is 22.1 Å². The lowest BCUT2D eigenvalue weighted by molar-refractivity contribution is -0.118. The van der Waals surface area contributed by atoms with E-state index >= 15 is 0 Å². The molecule has 7 nitrogen and oxygen atoms in total. The molecule has 0 aliphatic heterocycles. The van der Waals surface area contributed by atoms with Crippen LogP contribution in [-0.2, 0) is 11.2 Å². The van der Waals surface area contributed by atoms with E-state index in [1.54, 1.807) is 18.3 Å². The number of nitrogens with one attached hydrogen (secondary N) is 1. The summed E-state index contributed by atoms with van der Waals surface area (Å²) < 4.78 is 7.95. The number of halogens is 1. The zero-order valence-electron chi connectivity index (χ0n) is 20.2. The molecule has 36 heavy (non-hydrogen) atoms. The van der Waals surface area contributed by atoms with Gasteiger partial charge in [0.05, 0.1) is 17.1 Å². The van der Waals surface area contributed by atoms with Gasteiger partial charge in [-0.1, -0.05) is 59.6 Å². The maximum atomic E-state index is 13.3. The zero-order valence-corrected chi connectivity index (χ0v) is 21.8. The Kier molecular flexibility index (Phi) is 8.28. The lowest BCUT2D eigenvalue weighted by Gasteiger charge is -2.11. The van der Waals surface area contributed by atoms with Gasteiger partial charge in [0.15, 0.2) is 6.61 Å². The highest BCUT2D eigenvalue weighted by Gasteiger charge is 2.12. The number of carbonyl (C=O) groups excluding carboxylic acids is 1. The van der Waals surface area contributed by atoms with Crippen LogP contribution in [0.25, 0.3) is 10.9 Å². The maximum Gasteiger partial charge on any atom is 0.282 e. The lowest BCUT2D eigenvalue weighted by Crippen LogP contribution is -2.23. The van der Waals surface area contributed by atoms with Crippen LogP contribution >= 0.6 is 15.9 Å². The van der Waals surface area contributed by atoms with Gasteiger partial charge >= 0.3 is 0 Å². The van der Waals surface area contributed by atoms with E-state index in [1.165, 1.54) is 4.68 Å². The van der Waals surface area contributed by atoms with Crippen molar-refractivity contribution in [2.24, 2.45) is 5.10 Å². The summed E-state index contributed by atoms with van der Waals surface area (Å²) in [7, 11) is 0. The number of benzene rings is 3. The fourth-order valence-corrected chi connectivity index (χ4v) is 4.05. The smallest absolute Gasteiger partial charge is 0.282 e. The summed E-state index contributed by atoms with van der Waals surface area (Å²) >= 11 is 3.43. The highest BCUT2D eigenvalue weighted by atomic mass is 79.9. The number of hydrogen-bond donors (Lipinski definition) is 1. The Morgan fingerprint density at radius 2 is 1.92 bits per heavy atom. The second-order valence-electron chi connectivity index (χ2n) is 8.34. The summed E-state index contributed by atoms with van der Waals surface area (Å²) in [4.78, 5) is 30.4. The molecule has 0 spiro atoms. The Balaban J connectivity index is 1.58. The molecule has 0 radical (unpaired) electrons. The van der Waals surface area contributed by atoms with Crippen LogP contribution in [0, 0.1) is 6.92 Å². The second kappa shape index (κ2) is 11.8. The molecule has 0 aliphatic rings. The number of anilines is 1. The van der Waals surface area contributed by atoms with E-state index < -0.39 is 0 Å². The number of para-hydroxylation sites is 2. The average Bonchev–Trinajstić information content (AvgIpc) is 2.88. The molecule has 3 aromatic carbocycles. The van der Waals surface area contributed by atoms with Crippen LogP contribution in [0.1, 0.15) is 36.7 Å². The Morgan fingerprint density at radius 1 is 1.14 bits per heavy atom. The van der Waals surface area contributed by atoms with Crippen molar-refractivity contribution in [2.75, 3.05) is 11.9 Å². The topological polar surface area (TPSA) is 85.6 Å². The Labute approximate surface area is 218 Å². The van der Waals surface area contributed by atoms with Gasteiger partial charge < -0.3 is 10.1 Å². The minimum absolute atomic E-state index is 0.160. The average molecular weight is 547 g/mol. The summed E-state index contributed by atoms with van der Waals surface area (Å²) in [5.74, 6) is 0.822. The van der Waals surface area contributed by atoms with Crippen molar-refractivity contribution in [2.45, 2.75) is 33.1 Å². The molecule has 4 aromatic rings. The van der Waals surface area contributed by atoms with Crippen molar-refractivity contribution in [3.63, 3.8) is 0 Å². The van der Waals surface area contributed by atoms with E-state index in [0.717, 1.165) is 28.6 Å². The van der Waals surface area contributed by atoms with Crippen LogP contribution in [0.4, 0.5) is 5.69 Å². The van der Waals surface area contributed by atoms with Crippen LogP contribution in [0.15, 0.2) is 81.1 Å². The number of aromatic nitrogens is 2. The van der Waals surface area contributed by atoms with Gasteiger partial charge in [0.25, 0.3) is 11.5 Å². The highest BCUT2D eigenvalue weighted by Crippen LogP contribution is 2.19. The molecule has 4 rings (SSSR count). The molecule has 0 bridgehead atoms. The minimum atomic E-state index is -0.265. The third kappa shape index (κ3) is 6.07. The lowest BCUT2D eigenvalue weighted by atomic mass is 10.2. The van der Waals surface area contributed by atoms with E-state index in [9.17, 15) is 9.59 Å². The number of rotatable bonds is 9. The largest absolute Gasteiger partial charge is 0.483 e. The summed E-state index contributed by atoms with van der Waals surface area (Å²) in [6.45, 7) is 3.86. The monoisotopic (exact) mass is 546 g/mol. The molecule has 0 saturated carbocycles. The first-order chi connectivity index (χ1) is 17.5. The first-order valence-electron chi connectivity index (χ1n) is 11.8. The van der Waals surface area contributed by atoms with Crippen LogP contribution in [0.2, 0.25) is 0 Å². The third-order valence-electron chi connectivity index (χ3n) is 5.64. The van der Waals surface area contributed by atoms with Crippen molar-refractivity contribution >= 4 is 44.6 Å². The highest BCUT2D eigenvalue weighted by molar-refractivity contribution is 9.10. The molecule has 0 saturated heterocycles. The van der Waals surface area contributed by atoms with Crippen LogP contribution in [0.5, 0.6) is 5.75 Å². The van der Waals surface area contributed by atoms with Gasteiger partial charge in [-0.25, -0.2) is 4.98 Å². The molecule has 0 aliphatic carbocycles. The number of fused-ring (bicyclic) bond motifs is 1. The molecule has 0 unspecified atom stereocenters. The maximum absolute atomic E-state index is 13.3. The summed E-state index contributed by atoms with van der Waals surface area (Å²) in [5.41, 5.74) is 2.77. The summed E-state index contributed by atoms with van der Waals surface area (Å²) in [6.07, 6.45) is 4.06. The number of unbranched alkanes of at least 4 members (excludes halogenated alkanes) is 1. The molecule has 1 amide bonds. The summed E-state index contributed by atoms with van der Waals surface area (Å²) in [5, 5.41) is 7.84. The number of nitrogens with zero attached hydrogens (tertiary/aromatic N) is 3. The molecule has 0 fully saturated rings. The Bertz CT molecular complexity index is 1480. The molecular formula is C28H27BrN4O3. The van der Waals surface area contributed by atoms with E-state index in [-0.39, 0.29) is 18.1 Å². The van der Waals surface area contributed by atoms with E-state index in [2.05, 4.69) is 33.3 Å². The molecule has 8 heteroatoms. The van der Waals surface area contributed by atoms with Crippen LogP contribution in [-0.4, -0.2) is 28.4 Å². The molecule has 184 valence electrons. The fraction of sp³-hybridized carbons (Fsp3) is 0.214. The number of hydrogen-bond acceptors (Lipinski definition) is 5. The standard InChI is InChI=1S/C28H27BrN4O3/c1-3-4-13-26-31-24-15-14-21(29)16-22(24)28(35)33(26)30-17-20-10-6-8-12-25(20)36-18-27(34)32-23-11-7-5-9-19(23)2/h5-12,14-17H,3-4,13,18H2,1-2H3,(H,32,34). The number of amides is 1. The molecule has 1 heterocycles. The van der Waals surface area contributed by atoms with Crippen LogP contribution < -0.4 is 15.6 Å². The zero-order chi connectivity index (χ0) is 25.5. The number of aryl methyl sites for hydroxylation is 2. The van der Waals surface area contributed by atoms with E-state index in [0.29, 0.717) is 34.5 Å². The van der Waals surface area contributed by atoms with Crippen molar-refractivity contribution in [1.82, 2.24) is 9.66 Å². The predicted molar refractivity (Wildman–Crippen MR) is 147 cm³/mol. The van der Waals surface area contributed by atoms with E-state index in [1.807, 2.05) is 61.5 Å². The molecule has 1 aromatic heterocycles. The fourth-order valence-electron chi connectivity index (χ4n) is 3.69. The molecular weight excluding hydrogens is 520 g/mol. The van der Waals surface area contributed by atoms with E-state index in [4.69, 9.17) is 9.72 Å². The normalized spacial score (nSPS) is 11.2. The Morgan fingerprint density at radius 3 is 2.72 bits per heavy atom. The quantitative estimate of drug-likeness (QED) is 0.272. The van der Waals surface area contributed by atoms with Crippen LogP contribution in [0.3, 0.4) is 0 Å². The Hall–Kier alpha value is -3.78. The molecule has 0 atom stereocenters. The van der Waals surface area contributed by atoms with Gasteiger partial charge in [0.1, 0.15) is 11.6 Å². The number of ether oxygens (including phenoxy) is 1. The third-order valence-corrected chi connectivity index (χ3v) is 6.13. The predicted octanol–water partition coefficient (Wildman–Crippen LogP) is 5.71. The SMILES string of the molecule is CCCCc1nc2ccc(Br)cc2c(=O)n1N=Cc1ccccc1OCC(=O)Nc1ccccc1C. The second-order valence-corrected chi connectivity index (χ2v) is 9.26. The first-order valence-corrected chi connectivity index (χ1v) is 12.6. The number of carbonyl (C=O) groups is 1. The van der Waals surface area contributed by atoms with Gasteiger partial charge in [0.2, 0.25) is 0 Å². The van der Waals surface area contributed by atoms with Gasteiger partial charge in [-0.2, -0.15) is 9.78 Å². The van der Waals surface area contributed by atoms with Crippen molar-refractivity contribution < 1.29 is 9.53 Å².